The summed E-state index contributed by atoms with van der Waals surface area (Å²) in [4.78, 5) is 1.94. The zero-order valence-electron chi connectivity index (χ0n) is 13.4. The fraction of sp³-hybridized carbons (Fsp3) is 0.222. The zero-order valence-corrected chi connectivity index (χ0v) is 13.4. The van der Waals surface area contributed by atoms with Crippen molar-refractivity contribution in [3.63, 3.8) is 0 Å². The SMILES string of the molecule is N=C(NC(=N)N1CCCC1)Nc1ccc(Oc2ccccc2)cc1. The molecule has 6 heteroatoms. The van der Waals surface area contributed by atoms with Crippen molar-refractivity contribution >= 4 is 17.6 Å². The van der Waals surface area contributed by atoms with Crippen LogP contribution in [0.4, 0.5) is 5.69 Å². The predicted octanol–water partition coefficient (Wildman–Crippen LogP) is 3.45. The van der Waals surface area contributed by atoms with E-state index in [4.69, 9.17) is 15.6 Å². The summed E-state index contributed by atoms with van der Waals surface area (Å²) in [6, 6.07) is 17.0. The predicted molar refractivity (Wildman–Crippen MR) is 96.0 cm³/mol. The third-order valence-electron chi connectivity index (χ3n) is 3.77. The normalized spacial score (nSPS) is 13.4. The molecule has 24 heavy (non-hydrogen) atoms. The molecule has 0 aromatic heterocycles. The average molecular weight is 323 g/mol. The monoisotopic (exact) mass is 323 g/mol. The molecule has 1 fully saturated rings. The van der Waals surface area contributed by atoms with Crippen LogP contribution >= 0.6 is 0 Å². The Bertz CT molecular complexity index is 693. The Balaban J connectivity index is 1.52. The number of hydrogen-bond acceptors (Lipinski definition) is 3. The molecule has 2 aromatic carbocycles. The van der Waals surface area contributed by atoms with E-state index in [-0.39, 0.29) is 11.9 Å². The summed E-state index contributed by atoms with van der Waals surface area (Å²) in [6.07, 6.45) is 2.21. The minimum Gasteiger partial charge on any atom is -0.457 e. The molecule has 2 aromatic rings. The van der Waals surface area contributed by atoms with E-state index >= 15 is 0 Å². The fourth-order valence-electron chi connectivity index (χ4n) is 2.54. The molecular weight excluding hydrogens is 302 g/mol. The molecular formula is C18H21N5O. The third kappa shape index (κ3) is 4.25. The highest BCUT2D eigenvalue weighted by Crippen LogP contribution is 2.22. The van der Waals surface area contributed by atoms with Crippen LogP contribution in [-0.2, 0) is 0 Å². The molecule has 0 spiro atoms. The quantitative estimate of drug-likeness (QED) is 0.515. The van der Waals surface area contributed by atoms with E-state index in [1.807, 2.05) is 59.5 Å². The summed E-state index contributed by atoms with van der Waals surface area (Å²) in [7, 11) is 0. The van der Waals surface area contributed by atoms with Crippen molar-refractivity contribution in [2.75, 3.05) is 18.4 Å². The molecule has 1 aliphatic rings. The summed E-state index contributed by atoms with van der Waals surface area (Å²) < 4.78 is 5.73. The Labute approximate surface area is 141 Å². The van der Waals surface area contributed by atoms with E-state index < -0.39 is 0 Å². The molecule has 0 atom stereocenters. The molecule has 0 amide bonds. The topological polar surface area (TPSA) is 84.2 Å². The molecule has 3 rings (SSSR count). The smallest absolute Gasteiger partial charge is 0.199 e. The second-order valence-electron chi connectivity index (χ2n) is 5.61. The van der Waals surface area contributed by atoms with Crippen LogP contribution in [-0.4, -0.2) is 29.9 Å². The Hall–Kier alpha value is -3.02. The fourth-order valence-corrected chi connectivity index (χ4v) is 2.54. The Kier molecular flexibility index (Phi) is 4.96. The van der Waals surface area contributed by atoms with Gasteiger partial charge in [0, 0.05) is 18.8 Å². The van der Waals surface area contributed by atoms with Crippen molar-refractivity contribution < 1.29 is 4.74 Å². The van der Waals surface area contributed by atoms with Crippen LogP contribution in [0.1, 0.15) is 12.8 Å². The van der Waals surface area contributed by atoms with E-state index in [9.17, 15) is 0 Å². The lowest BCUT2D eigenvalue weighted by molar-refractivity contribution is 0.483. The highest BCUT2D eigenvalue weighted by atomic mass is 16.5. The second kappa shape index (κ2) is 7.50. The van der Waals surface area contributed by atoms with Gasteiger partial charge < -0.3 is 15.0 Å². The summed E-state index contributed by atoms with van der Waals surface area (Å²) >= 11 is 0. The van der Waals surface area contributed by atoms with Gasteiger partial charge in [0.1, 0.15) is 11.5 Å². The lowest BCUT2D eigenvalue weighted by Gasteiger charge is -2.20. The minimum atomic E-state index is 0.0867. The van der Waals surface area contributed by atoms with Crippen LogP contribution in [0.2, 0.25) is 0 Å². The zero-order chi connectivity index (χ0) is 16.8. The third-order valence-corrected chi connectivity index (χ3v) is 3.77. The van der Waals surface area contributed by atoms with Crippen molar-refractivity contribution in [2.24, 2.45) is 0 Å². The largest absolute Gasteiger partial charge is 0.457 e. The van der Waals surface area contributed by atoms with Gasteiger partial charge in [-0.15, -0.1) is 0 Å². The number of guanidine groups is 2. The van der Waals surface area contributed by atoms with E-state index in [1.165, 1.54) is 0 Å². The lowest BCUT2D eigenvalue weighted by Crippen LogP contribution is -2.44. The average Bonchev–Trinajstić information content (AvgIpc) is 3.12. The first-order valence-corrected chi connectivity index (χ1v) is 8.00. The molecule has 0 radical (unpaired) electrons. The summed E-state index contributed by atoms with van der Waals surface area (Å²) in [5, 5.41) is 21.6. The number of hydrogen-bond donors (Lipinski definition) is 4. The maximum absolute atomic E-state index is 7.96. The number of rotatable bonds is 3. The van der Waals surface area contributed by atoms with Gasteiger partial charge in [-0.25, -0.2) is 0 Å². The highest BCUT2D eigenvalue weighted by molar-refractivity contribution is 6.02. The van der Waals surface area contributed by atoms with Gasteiger partial charge in [0.05, 0.1) is 0 Å². The number of para-hydroxylation sites is 1. The van der Waals surface area contributed by atoms with Crippen LogP contribution in [0.3, 0.4) is 0 Å². The lowest BCUT2D eigenvalue weighted by atomic mass is 10.3. The molecule has 0 unspecified atom stereocenters. The van der Waals surface area contributed by atoms with Crippen LogP contribution in [0.25, 0.3) is 0 Å². The molecule has 1 heterocycles. The van der Waals surface area contributed by atoms with Gasteiger partial charge in [-0.1, -0.05) is 18.2 Å². The number of nitrogens with one attached hydrogen (secondary N) is 4. The first-order valence-electron chi connectivity index (χ1n) is 8.00. The Morgan fingerprint density at radius 2 is 1.50 bits per heavy atom. The number of anilines is 1. The maximum Gasteiger partial charge on any atom is 0.199 e. The Morgan fingerprint density at radius 1 is 0.875 bits per heavy atom. The van der Waals surface area contributed by atoms with E-state index in [0.717, 1.165) is 43.1 Å². The van der Waals surface area contributed by atoms with Crippen molar-refractivity contribution in [3.8, 4) is 11.5 Å². The van der Waals surface area contributed by atoms with Crippen molar-refractivity contribution in [1.82, 2.24) is 10.2 Å². The van der Waals surface area contributed by atoms with Gasteiger partial charge in [-0.2, -0.15) is 0 Å². The van der Waals surface area contributed by atoms with Crippen LogP contribution in [0, 0.1) is 10.8 Å². The summed E-state index contributed by atoms with van der Waals surface area (Å²) in [6.45, 7) is 1.76. The van der Waals surface area contributed by atoms with Crippen molar-refractivity contribution in [3.05, 3.63) is 54.6 Å². The maximum atomic E-state index is 7.96. The molecule has 1 saturated heterocycles. The molecule has 0 bridgehead atoms. The number of benzene rings is 2. The number of nitrogens with zero attached hydrogens (tertiary/aromatic N) is 1. The standard InChI is InChI=1S/C18H21N5O/c19-17(22-18(20)23-12-4-5-13-23)21-14-8-10-16(11-9-14)24-15-6-2-1-3-7-15/h1-3,6-11H,4-5,12-13H2,(H4,19,20,21,22). The van der Waals surface area contributed by atoms with Gasteiger partial charge >= 0.3 is 0 Å². The number of ether oxygens (including phenoxy) is 1. The van der Waals surface area contributed by atoms with E-state index in [1.54, 1.807) is 0 Å². The molecule has 4 N–H and O–H groups in total. The molecule has 124 valence electrons. The second-order valence-corrected chi connectivity index (χ2v) is 5.61. The Morgan fingerprint density at radius 3 is 2.17 bits per heavy atom. The van der Waals surface area contributed by atoms with Gasteiger partial charge in [0.2, 0.25) is 0 Å². The van der Waals surface area contributed by atoms with Crippen LogP contribution in [0.5, 0.6) is 11.5 Å². The van der Waals surface area contributed by atoms with Gasteiger partial charge in [-0.3, -0.25) is 16.1 Å². The first kappa shape index (κ1) is 15.9. The molecule has 0 saturated carbocycles. The van der Waals surface area contributed by atoms with Gasteiger partial charge in [-0.05, 0) is 49.2 Å². The summed E-state index contributed by atoms with van der Waals surface area (Å²) in [5.74, 6) is 1.88. The first-order chi connectivity index (χ1) is 11.7. The molecule has 1 aliphatic heterocycles. The van der Waals surface area contributed by atoms with Gasteiger partial charge in [0.15, 0.2) is 11.9 Å². The van der Waals surface area contributed by atoms with E-state index in [0.29, 0.717) is 0 Å². The van der Waals surface area contributed by atoms with Crippen LogP contribution in [0.15, 0.2) is 54.6 Å². The van der Waals surface area contributed by atoms with Gasteiger partial charge in [0.25, 0.3) is 0 Å². The number of likely N-dealkylation sites (tertiary alicyclic amines) is 1. The molecule has 0 aliphatic carbocycles. The summed E-state index contributed by atoms with van der Waals surface area (Å²) in [5.41, 5.74) is 0.766. The minimum absolute atomic E-state index is 0.0867. The molecule has 6 nitrogen and oxygen atoms in total. The highest BCUT2D eigenvalue weighted by Gasteiger charge is 2.15. The van der Waals surface area contributed by atoms with Crippen molar-refractivity contribution in [1.29, 1.82) is 10.8 Å². The van der Waals surface area contributed by atoms with Crippen molar-refractivity contribution in [2.45, 2.75) is 12.8 Å². The van der Waals surface area contributed by atoms with E-state index in [2.05, 4.69) is 10.6 Å². The van der Waals surface area contributed by atoms with Crippen LogP contribution < -0.4 is 15.4 Å².